The largest absolute Gasteiger partial charge is 0.306 e. The van der Waals surface area contributed by atoms with Crippen molar-refractivity contribution in [2.75, 3.05) is 0 Å². The number of hydrogen-bond acceptors (Lipinski definition) is 1. The highest BCUT2D eigenvalue weighted by Gasteiger charge is 2.13. The van der Waals surface area contributed by atoms with Gasteiger partial charge >= 0.3 is 0 Å². The van der Waals surface area contributed by atoms with Gasteiger partial charge in [0.05, 0.1) is 0 Å². The average molecular weight is 286 g/mol. The summed E-state index contributed by atoms with van der Waals surface area (Å²) < 4.78 is 0. The monoisotopic (exact) mass is 285 g/mol. The second-order valence-corrected chi connectivity index (χ2v) is 6.05. The van der Waals surface area contributed by atoms with Gasteiger partial charge in [-0.25, -0.2) is 0 Å². The van der Waals surface area contributed by atoms with E-state index in [9.17, 15) is 0 Å². The molecule has 0 heterocycles. The van der Waals surface area contributed by atoms with Gasteiger partial charge in [-0.15, -0.1) is 0 Å². The number of fused-ring (bicyclic) bond motifs is 1. The Kier molecular flexibility index (Phi) is 4.09. The van der Waals surface area contributed by atoms with E-state index >= 15 is 0 Å². The van der Waals surface area contributed by atoms with E-state index in [1.165, 1.54) is 36.0 Å². The number of benzene rings is 2. The lowest BCUT2D eigenvalue weighted by Gasteiger charge is -2.16. The molecule has 2 heteroatoms. The Hall–Kier alpha value is -1.31. The summed E-state index contributed by atoms with van der Waals surface area (Å²) in [5.74, 6) is 0. The van der Waals surface area contributed by atoms with Crippen molar-refractivity contribution in [2.24, 2.45) is 0 Å². The van der Waals surface area contributed by atoms with E-state index in [0.717, 1.165) is 11.6 Å². The molecular formula is C18H20ClN. The maximum Gasteiger partial charge on any atom is 0.0409 e. The number of rotatable bonds is 4. The van der Waals surface area contributed by atoms with Gasteiger partial charge in [0.1, 0.15) is 0 Å². The van der Waals surface area contributed by atoms with Crippen LogP contribution in [-0.4, -0.2) is 0 Å². The van der Waals surface area contributed by atoms with Gasteiger partial charge in [-0.05, 0) is 60.6 Å². The van der Waals surface area contributed by atoms with Gasteiger partial charge in [0.25, 0.3) is 0 Å². The SMILES string of the molecule is CC(NCc1cccc(Cl)c1)c1ccc2c(c1)CCC2. The molecule has 20 heavy (non-hydrogen) atoms. The van der Waals surface area contributed by atoms with Crippen molar-refractivity contribution in [2.45, 2.75) is 38.8 Å². The molecule has 1 unspecified atom stereocenters. The molecule has 1 atom stereocenters. The summed E-state index contributed by atoms with van der Waals surface area (Å²) in [6.45, 7) is 3.07. The Labute approximate surface area is 126 Å². The molecule has 0 amide bonds. The van der Waals surface area contributed by atoms with Gasteiger partial charge < -0.3 is 5.32 Å². The first-order valence-electron chi connectivity index (χ1n) is 7.32. The van der Waals surface area contributed by atoms with Crippen molar-refractivity contribution in [1.29, 1.82) is 0 Å². The summed E-state index contributed by atoms with van der Waals surface area (Å²) in [7, 11) is 0. The molecule has 2 aromatic rings. The van der Waals surface area contributed by atoms with Crippen molar-refractivity contribution < 1.29 is 0 Å². The Morgan fingerprint density at radius 1 is 1.10 bits per heavy atom. The Morgan fingerprint density at radius 3 is 2.80 bits per heavy atom. The Morgan fingerprint density at radius 2 is 1.95 bits per heavy atom. The van der Waals surface area contributed by atoms with E-state index in [1.54, 1.807) is 5.56 Å². The lowest BCUT2D eigenvalue weighted by atomic mass is 10.0. The maximum atomic E-state index is 6.01. The molecule has 0 aliphatic heterocycles. The normalized spacial score (nSPS) is 15.1. The molecule has 104 valence electrons. The lowest BCUT2D eigenvalue weighted by molar-refractivity contribution is 0.574. The van der Waals surface area contributed by atoms with Crippen molar-refractivity contribution in [3.63, 3.8) is 0 Å². The van der Waals surface area contributed by atoms with Crippen LogP contribution in [0.2, 0.25) is 5.02 Å². The molecule has 0 saturated carbocycles. The topological polar surface area (TPSA) is 12.0 Å². The third-order valence-electron chi connectivity index (χ3n) is 4.12. The van der Waals surface area contributed by atoms with E-state index in [4.69, 9.17) is 11.6 Å². The van der Waals surface area contributed by atoms with Gasteiger partial charge in [-0.2, -0.15) is 0 Å². The number of halogens is 1. The molecule has 0 spiro atoms. The number of hydrogen-bond donors (Lipinski definition) is 1. The first kappa shape index (κ1) is 13.7. The van der Waals surface area contributed by atoms with Gasteiger partial charge in [0, 0.05) is 17.6 Å². The quantitative estimate of drug-likeness (QED) is 0.860. The number of nitrogens with one attached hydrogen (secondary N) is 1. The molecule has 1 aliphatic carbocycles. The Balaban J connectivity index is 1.66. The van der Waals surface area contributed by atoms with Crippen molar-refractivity contribution in [3.05, 3.63) is 69.7 Å². The smallest absolute Gasteiger partial charge is 0.0409 e. The van der Waals surface area contributed by atoms with E-state index < -0.39 is 0 Å². The molecule has 3 rings (SSSR count). The molecule has 0 fully saturated rings. The minimum atomic E-state index is 0.361. The third kappa shape index (κ3) is 3.05. The maximum absolute atomic E-state index is 6.01. The van der Waals surface area contributed by atoms with Crippen LogP contribution in [0.5, 0.6) is 0 Å². The fraction of sp³-hybridized carbons (Fsp3) is 0.333. The van der Waals surface area contributed by atoms with Crippen molar-refractivity contribution in [3.8, 4) is 0 Å². The zero-order valence-electron chi connectivity index (χ0n) is 11.8. The molecule has 0 aromatic heterocycles. The minimum absolute atomic E-state index is 0.361. The molecule has 0 saturated heterocycles. The highest BCUT2D eigenvalue weighted by Crippen LogP contribution is 2.25. The summed E-state index contributed by atoms with van der Waals surface area (Å²) >= 11 is 6.01. The van der Waals surface area contributed by atoms with Gasteiger partial charge in [0.15, 0.2) is 0 Å². The molecule has 2 aromatic carbocycles. The zero-order valence-corrected chi connectivity index (χ0v) is 12.6. The molecular weight excluding hydrogens is 266 g/mol. The average Bonchev–Trinajstić information content (AvgIpc) is 2.92. The van der Waals surface area contributed by atoms with Crippen LogP contribution in [-0.2, 0) is 19.4 Å². The van der Waals surface area contributed by atoms with Crippen LogP contribution < -0.4 is 5.32 Å². The van der Waals surface area contributed by atoms with Gasteiger partial charge in [-0.3, -0.25) is 0 Å². The summed E-state index contributed by atoms with van der Waals surface area (Å²) in [6, 6.07) is 15.3. The van der Waals surface area contributed by atoms with Crippen LogP contribution in [0.1, 0.15) is 41.6 Å². The van der Waals surface area contributed by atoms with Crippen LogP contribution in [0.15, 0.2) is 42.5 Å². The van der Waals surface area contributed by atoms with E-state index in [2.05, 4.69) is 36.5 Å². The summed E-state index contributed by atoms with van der Waals surface area (Å²) in [4.78, 5) is 0. The third-order valence-corrected chi connectivity index (χ3v) is 4.36. The summed E-state index contributed by atoms with van der Waals surface area (Å²) in [5, 5.41) is 4.38. The predicted octanol–water partition coefficient (Wildman–Crippen LogP) is 4.68. The fourth-order valence-electron chi connectivity index (χ4n) is 2.90. The minimum Gasteiger partial charge on any atom is -0.306 e. The van der Waals surface area contributed by atoms with Gasteiger partial charge in [-0.1, -0.05) is 41.9 Å². The van der Waals surface area contributed by atoms with E-state index in [-0.39, 0.29) is 0 Å². The van der Waals surface area contributed by atoms with Crippen LogP contribution >= 0.6 is 11.6 Å². The van der Waals surface area contributed by atoms with Crippen LogP contribution in [0.4, 0.5) is 0 Å². The summed E-state index contributed by atoms with van der Waals surface area (Å²) in [5.41, 5.74) is 5.69. The first-order chi connectivity index (χ1) is 9.72. The van der Waals surface area contributed by atoms with E-state index in [0.29, 0.717) is 6.04 Å². The zero-order chi connectivity index (χ0) is 13.9. The summed E-state index contributed by atoms with van der Waals surface area (Å²) in [6.07, 6.45) is 3.80. The lowest BCUT2D eigenvalue weighted by Crippen LogP contribution is -2.18. The predicted molar refractivity (Wildman–Crippen MR) is 85.2 cm³/mol. The van der Waals surface area contributed by atoms with Crippen LogP contribution in [0.25, 0.3) is 0 Å². The molecule has 0 radical (unpaired) electrons. The highest BCUT2D eigenvalue weighted by atomic mass is 35.5. The standard InChI is InChI=1S/C18H20ClN/c1-13(20-12-14-4-2-7-18(19)10-14)16-9-8-15-5-3-6-17(15)11-16/h2,4,7-11,13,20H,3,5-6,12H2,1H3. The van der Waals surface area contributed by atoms with E-state index in [1.807, 2.05) is 18.2 Å². The van der Waals surface area contributed by atoms with Crippen LogP contribution in [0, 0.1) is 0 Å². The van der Waals surface area contributed by atoms with Crippen molar-refractivity contribution in [1.82, 2.24) is 5.32 Å². The molecule has 1 nitrogen and oxygen atoms in total. The van der Waals surface area contributed by atoms with Crippen LogP contribution in [0.3, 0.4) is 0 Å². The fourth-order valence-corrected chi connectivity index (χ4v) is 3.11. The Bertz CT molecular complexity index is 606. The second-order valence-electron chi connectivity index (χ2n) is 5.61. The highest BCUT2D eigenvalue weighted by molar-refractivity contribution is 6.30. The number of aryl methyl sites for hydroxylation is 2. The van der Waals surface area contributed by atoms with Gasteiger partial charge in [0.2, 0.25) is 0 Å². The molecule has 1 N–H and O–H groups in total. The first-order valence-corrected chi connectivity index (χ1v) is 7.70. The second kappa shape index (κ2) is 5.99. The molecule has 0 bridgehead atoms. The van der Waals surface area contributed by atoms with Crippen molar-refractivity contribution >= 4 is 11.6 Å². The molecule has 1 aliphatic rings.